The van der Waals surface area contributed by atoms with Gasteiger partial charge in [0.15, 0.2) is 0 Å². The number of para-hydroxylation sites is 1. The van der Waals surface area contributed by atoms with E-state index in [-0.39, 0.29) is 18.0 Å². The van der Waals surface area contributed by atoms with Crippen LogP contribution in [0.15, 0.2) is 136 Å². The largest absolute Gasteiger partial charge is 0.459 e. The maximum atomic E-state index is 13.6. The number of rotatable bonds is 10. The van der Waals surface area contributed by atoms with Gasteiger partial charge in [-0.3, -0.25) is 4.99 Å². The van der Waals surface area contributed by atoms with Gasteiger partial charge in [0.2, 0.25) is 10.0 Å². The van der Waals surface area contributed by atoms with E-state index >= 15 is 0 Å². The van der Waals surface area contributed by atoms with Crippen LogP contribution < -0.4 is 4.74 Å². The van der Waals surface area contributed by atoms with Gasteiger partial charge in [0.25, 0.3) is 0 Å². The molecule has 0 atom stereocenters. The molecule has 0 aliphatic heterocycles. The molecule has 6 nitrogen and oxygen atoms in total. The van der Waals surface area contributed by atoms with Crippen molar-refractivity contribution in [3.05, 3.63) is 144 Å². The van der Waals surface area contributed by atoms with Crippen molar-refractivity contribution < 1.29 is 17.6 Å². The smallest absolute Gasteiger partial charge is 0.243 e. The minimum absolute atomic E-state index is 0.0878. The normalized spacial score (nSPS) is 11.7. The van der Waals surface area contributed by atoms with Crippen molar-refractivity contribution in [2.45, 2.75) is 24.9 Å². The third kappa shape index (κ3) is 6.90. The standard InChI is InChI=1S/C32H28N2O4S/c1-25-12-20-32(21-13-25)39(35,36)34(23-26-8-4-2-5-9-26)24-31-19-18-30(38-31)22-33-27-14-16-29(17-15-27)37-28-10-6-3-7-11-28/h2-22H,23-24H2,1H3. The Morgan fingerprint density at radius 3 is 2.08 bits per heavy atom. The molecule has 0 radical (unpaired) electrons. The second kappa shape index (κ2) is 11.9. The average molecular weight is 537 g/mol. The molecule has 5 aromatic rings. The Morgan fingerprint density at radius 2 is 1.38 bits per heavy atom. The van der Waals surface area contributed by atoms with Crippen LogP contribution in [0.4, 0.5) is 5.69 Å². The van der Waals surface area contributed by atoms with E-state index < -0.39 is 10.0 Å². The molecule has 0 saturated heterocycles. The van der Waals surface area contributed by atoms with Crippen molar-refractivity contribution in [2.24, 2.45) is 4.99 Å². The maximum absolute atomic E-state index is 13.6. The van der Waals surface area contributed by atoms with Gasteiger partial charge in [0, 0.05) is 6.54 Å². The first-order valence-electron chi connectivity index (χ1n) is 12.5. The van der Waals surface area contributed by atoms with Crippen molar-refractivity contribution >= 4 is 21.9 Å². The van der Waals surface area contributed by atoms with Gasteiger partial charge in [-0.1, -0.05) is 66.2 Å². The topological polar surface area (TPSA) is 72.1 Å². The first-order valence-corrected chi connectivity index (χ1v) is 14.0. The molecule has 0 saturated carbocycles. The maximum Gasteiger partial charge on any atom is 0.243 e. The number of benzene rings is 4. The van der Waals surface area contributed by atoms with Gasteiger partial charge in [-0.25, -0.2) is 8.42 Å². The molecule has 7 heteroatoms. The lowest BCUT2D eigenvalue weighted by molar-refractivity contribution is 0.357. The Hall–Kier alpha value is -4.46. The summed E-state index contributed by atoms with van der Waals surface area (Å²) in [5, 5.41) is 0. The van der Waals surface area contributed by atoms with Crippen molar-refractivity contribution in [3.63, 3.8) is 0 Å². The molecular weight excluding hydrogens is 508 g/mol. The fourth-order valence-electron chi connectivity index (χ4n) is 3.96. The quantitative estimate of drug-likeness (QED) is 0.173. The summed E-state index contributed by atoms with van der Waals surface area (Å²) in [6.07, 6.45) is 1.62. The number of nitrogens with zero attached hydrogens (tertiary/aromatic N) is 2. The SMILES string of the molecule is Cc1ccc(S(=O)(=O)N(Cc2ccccc2)Cc2ccc(C=Nc3ccc(Oc4ccccc4)cc3)o2)cc1. The second-order valence-corrected chi connectivity index (χ2v) is 11.0. The average Bonchev–Trinajstić information content (AvgIpc) is 3.41. The van der Waals surface area contributed by atoms with E-state index in [9.17, 15) is 8.42 Å². The third-order valence-electron chi connectivity index (χ3n) is 6.03. The molecule has 1 heterocycles. The second-order valence-electron chi connectivity index (χ2n) is 9.04. The minimum Gasteiger partial charge on any atom is -0.459 e. The van der Waals surface area contributed by atoms with Crippen LogP contribution in [0, 0.1) is 6.92 Å². The van der Waals surface area contributed by atoms with Crippen LogP contribution in [-0.2, 0) is 23.1 Å². The number of furan rings is 1. The number of aliphatic imine (C=N–C) groups is 1. The predicted molar refractivity (Wildman–Crippen MR) is 153 cm³/mol. The highest BCUT2D eigenvalue weighted by Crippen LogP contribution is 2.25. The molecule has 0 fully saturated rings. The Balaban J connectivity index is 1.30. The lowest BCUT2D eigenvalue weighted by Gasteiger charge is -2.21. The Labute approximate surface area is 228 Å². The summed E-state index contributed by atoms with van der Waals surface area (Å²) >= 11 is 0. The van der Waals surface area contributed by atoms with E-state index in [4.69, 9.17) is 9.15 Å². The Kier molecular flexibility index (Phi) is 8.01. The van der Waals surface area contributed by atoms with Crippen molar-refractivity contribution in [2.75, 3.05) is 0 Å². The van der Waals surface area contributed by atoms with Crippen LogP contribution in [0.5, 0.6) is 11.5 Å². The first-order chi connectivity index (χ1) is 19.0. The highest BCUT2D eigenvalue weighted by Gasteiger charge is 2.26. The van der Waals surface area contributed by atoms with E-state index in [1.54, 1.807) is 42.6 Å². The highest BCUT2D eigenvalue weighted by molar-refractivity contribution is 7.89. The molecular formula is C32H28N2O4S. The molecule has 0 N–H and O–H groups in total. The first kappa shape index (κ1) is 26.2. The summed E-state index contributed by atoms with van der Waals surface area (Å²) < 4.78 is 40.3. The molecule has 0 aliphatic rings. The lowest BCUT2D eigenvalue weighted by Crippen LogP contribution is -2.30. The number of sulfonamides is 1. The number of hydrogen-bond acceptors (Lipinski definition) is 5. The lowest BCUT2D eigenvalue weighted by atomic mass is 10.2. The molecule has 1 aromatic heterocycles. The van der Waals surface area contributed by atoms with Gasteiger partial charge in [0.1, 0.15) is 23.0 Å². The molecule has 0 amide bonds. The third-order valence-corrected chi connectivity index (χ3v) is 7.84. The van der Waals surface area contributed by atoms with Crippen LogP contribution in [0.25, 0.3) is 0 Å². The van der Waals surface area contributed by atoms with Crippen molar-refractivity contribution in [1.29, 1.82) is 0 Å². The number of aryl methyl sites for hydroxylation is 1. The Morgan fingerprint density at radius 1 is 0.744 bits per heavy atom. The zero-order valence-corrected chi connectivity index (χ0v) is 22.3. The molecule has 4 aromatic carbocycles. The number of hydrogen-bond donors (Lipinski definition) is 0. The fraction of sp³-hybridized carbons (Fsp3) is 0.0938. The van der Waals surface area contributed by atoms with Crippen molar-refractivity contribution in [3.8, 4) is 11.5 Å². The van der Waals surface area contributed by atoms with E-state index in [1.165, 1.54) is 4.31 Å². The Bertz CT molecular complexity index is 1630. The van der Waals surface area contributed by atoms with Crippen LogP contribution in [0.3, 0.4) is 0 Å². The van der Waals surface area contributed by atoms with Gasteiger partial charge in [0.05, 0.1) is 23.3 Å². The summed E-state index contributed by atoms with van der Waals surface area (Å²) in [5.74, 6) is 2.54. The predicted octanol–water partition coefficient (Wildman–Crippen LogP) is 7.52. The van der Waals surface area contributed by atoms with Gasteiger partial charge >= 0.3 is 0 Å². The van der Waals surface area contributed by atoms with E-state index in [1.807, 2.05) is 91.9 Å². The molecule has 39 heavy (non-hydrogen) atoms. The monoisotopic (exact) mass is 536 g/mol. The van der Waals surface area contributed by atoms with Crippen molar-refractivity contribution in [1.82, 2.24) is 4.31 Å². The van der Waals surface area contributed by atoms with E-state index in [0.717, 1.165) is 22.6 Å². The number of ether oxygens (including phenoxy) is 1. The minimum atomic E-state index is -3.76. The molecule has 196 valence electrons. The van der Waals surface area contributed by atoms with Gasteiger partial charge in [-0.15, -0.1) is 0 Å². The fourth-order valence-corrected chi connectivity index (χ4v) is 5.35. The van der Waals surface area contributed by atoms with Crippen LogP contribution >= 0.6 is 0 Å². The molecule has 0 bridgehead atoms. The summed E-state index contributed by atoms with van der Waals surface area (Å²) in [7, 11) is -3.76. The van der Waals surface area contributed by atoms with E-state index in [0.29, 0.717) is 17.3 Å². The van der Waals surface area contributed by atoms with Crippen LogP contribution in [-0.4, -0.2) is 18.9 Å². The zero-order chi connectivity index (χ0) is 27.1. The van der Waals surface area contributed by atoms with E-state index in [2.05, 4.69) is 4.99 Å². The van der Waals surface area contributed by atoms with Gasteiger partial charge in [-0.2, -0.15) is 4.31 Å². The summed E-state index contributed by atoms with van der Waals surface area (Å²) in [5.41, 5.74) is 2.62. The molecule has 0 unspecified atom stereocenters. The summed E-state index contributed by atoms with van der Waals surface area (Å²) in [6, 6.07) is 36.9. The summed E-state index contributed by atoms with van der Waals surface area (Å²) in [4.78, 5) is 4.73. The van der Waals surface area contributed by atoms with Crippen LogP contribution in [0.2, 0.25) is 0 Å². The van der Waals surface area contributed by atoms with Crippen LogP contribution in [0.1, 0.15) is 22.6 Å². The molecule has 0 spiro atoms. The zero-order valence-electron chi connectivity index (χ0n) is 21.5. The highest BCUT2D eigenvalue weighted by atomic mass is 32.2. The van der Waals surface area contributed by atoms with Gasteiger partial charge in [-0.05, 0) is 73.2 Å². The van der Waals surface area contributed by atoms with Gasteiger partial charge < -0.3 is 9.15 Å². The molecule has 0 aliphatic carbocycles. The molecule has 5 rings (SSSR count). The summed E-state index contributed by atoms with van der Waals surface area (Å²) in [6.45, 7) is 2.24.